The van der Waals surface area contributed by atoms with Gasteiger partial charge in [0.05, 0.1) is 31.0 Å². The molecule has 3 heterocycles. The predicted octanol–water partition coefficient (Wildman–Crippen LogP) is 2.85. The summed E-state index contributed by atoms with van der Waals surface area (Å²) < 4.78 is 26.0. The molecule has 0 aliphatic carbocycles. The standard InChI is InChI=1S/C24H28FN5O4/c1-15-11-28(13-20-6-5-19(9-26)33-20)12-16(2)30(15)23-7-4-18(8-22(23)25)29-14-21(34-24(29)32)10-27-17(3)31/h4-8,15-16,21H,10-14H2,1-3H3,(H,27,31)/t15?,16?,21-/m0/s1. The molecule has 2 amide bonds. The van der Waals surface area contributed by atoms with Crippen LogP contribution < -0.4 is 15.1 Å². The van der Waals surface area contributed by atoms with Crippen LogP contribution in [0.5, 0.6) is 0 Å². The lowest BCUT2D eigenvalue weighted by atomic mass is 10.1. The van der Waals surface area contributed by atoms with Gasteiger partial charge in [0.2, 0.25) is 11.7 Å². The molecule has 0 radical (unpaired) electrons. The number of cyclic esters (lactones) is 1. The van der Waals surface area contributed by atoms with Crippen molar-refractivity contribution in [2.75, 3.05) is 36.0 Å². The Bertz CT molecular complexity index is 1100. The molecule has 34 heavy (non-hydrogen) atoms. The van der Waals surface area contributed by atoms with Gasteiger partial charge in [-0.3, -0.25) is 14.6 Å². The van der Waals surface area contributed by atoms with Gasteiger partial charge >= 0.3 is 6.09 Å². The third-order valence-electron chi connectivity index (χ3n) is 6.12. The number of hydrogen-bond donors (Lipinski definition) is 1. The van der Waals surface area contributed by atoms with Gasteiger partial charge in [-0.15, -0.1) is 0 Å². The molecule has 2 aliphatic heterocycles. The summed E-state index contributed by atoms with van der Waals surface area (Å²) in [4.78, 5) is 29.0. The number of nitrogens with zero attached hydrogens (tertiary/aromatic N) is 4. The van der Waals surface area contributed by atoms with Gasteiger partial charge in [0.25, 0.3) is 0 Å². The van der Waals surface area contributed by atoms with Crippen LogP contribution in [-0.2, 0) is 16.1 Å². The quantitative estimate of drug-likeness (QED) is 0.694. The van der Waals surface area contributed by atoms with Crippen molar-refractivity contribution in [3.8, 4) is 6.07 Å². The van der Waals surface area contributed by atoms with E-state index in [-0.39, 0.29) is 31.1 Å². The van der Waals surface area contributed by atoms with Crippen molar-refractivity contribution in [1.82, 2.24) is 10.2 Å². The number of nitrogens with one attached hydrogen (secondary N) is 1. The molecular weight excluding hydrogens is 441 g/mol. The maximum atomic E-state index is 15.3. The third-order valence-corrected chi connectivity index (χ3v) is 6.12. The van der Waals surface area contributed by atoms with Gasteiger partial charge in [0.1, 0.15) is 23.8 Å². The van der Waals surface area contributed by atoms with Gasteiger partial charge in [0.15, 0.2) is 0 Å². The van der Waals surface area contributed by atoms with Crippen molar-refractivity contribution in [3.05, 3.63) is 47.7 Å². The molecule has 180 valence electrons. The van der Waals surface area contributed by atoms with Gasteiger partial charge in [-0.25, -0.2) is 9.18 Å². The highest BCUT2D eigenvalue weighted by atomic mass is 19.1. The molecule has 2 saturated heterocycles. The molecule has 1 aromatic carbocycles. The molecular formula is C24H28FN5O4. The second kappa shape index (κ2) is 9.73. The van der Waals surface area contributed by atoms with E-state index in [1.54, 1.807) is 18.2 Å². The SMILES string of the molecule is CC(=O)NC[C@H]1CN(c2ccc(N3C(C)CN(Cc4ccc(C#N)o4)CC3C)c(F)c2)C(=O)O1. The average Bonchev–Trinajstić information content (AvgIpc) is 3.38. The Morgan fingerprint density at radius 2 is 1.94 bits per heavy atom. The molecule has 2 aliphatic rings. The Labute approximate surface area is 197 Å². The van der Waals surface area contributed by atoms with Crippen LogP contribution in [0.1, 0.15) is 32.3 Å². The number of amides is 2. The molecule has 10 heteroatoms. The second-order valence-corrected chi connectivity index (χ2v) is 8.87. The maximum Gasteiger partial charge on any atom is 0.414 e. The molecule has 0 spiro atoms. The Morgan fingerprint density at radius 3 is 2.56 bits per heavy atom. The van der Waals surface area contributed by atoms with E-state index in [9.17, 15) is 9.59 Å². The first-order chi connectivity index (χ1) is 16.2. The van der Waals surface area contributed by atoms with Crippen molar-refractivity contribution >= 4 is 23.4 Å². The average molecular weight is 470 g/mol. The van der Waals surface area contributed by atoms with Crippen LogP contribution in [0.3, 0.4) is 0 Å². The highest BCUT2D eigenvalue weighted by Crippen LogP contribution is 2.32. The number of benzene rings is 1. The summed E-state index contributed by atoms with van der Waals surface area (Å²) in [7, 11) is 0. The number of carbonyl (C=O) groups excluding carboxylic acids is 2. The Hall–Kier alpha value is -3.58. The number of halogens is 1. The Kier molecular flexibility index (Phi) is 6.75. The van der Waals surface area contributed by atoms with Crippen LogP contribution in [-0.4, -0.2) is 61.3 Å². The number of ether oxygens (including phenoxy) is 1. The maximum absolute atomic E-state index is 15.3. The summed E-state index contributed by atoms with van der Waals surface area (Å²) >= 11 is 0. The summed E-state index contributed by atoms with van der Waals surface area (Å²) in [6.07, 6.45) is -1.04. The van der Waals surface area contributed by atoms with E-state index in [0.29, 0.717) is 36.8 Å². The summed E-state index contributed by atoms with van der Waals surface area (Å²) in [5.41, 5.74) is 0.900. The Balaban J connectivity index is 1.43. The second-order valence-electron chi connectivity index (χ2n) is 8.87. The fourth-order valence-corrected chi connectivity index (χ4v) is 4.75. The number of furan rings is 1. The van der Waals surface area contributed by atoms with Gasteiger partial charge in [-0.2, -0.15) is 5.26 Å². The molecule has 0 saturated carbocycles. The molecule has 2 aromatic rings. The van der Waals surface area contributed by atoms with E-state index >= 15 is 4.39 Å². The van der Waals surface area contributed by atoms with Gasteiger partial charge in [-0.05, 0) is 44.2 Å². The summed E-state index contributed by atoms with van der Waals surface area (Å²) in [5, 5.41) is 11.6. The minimum atomic E-state index is -0.560. The fourth-order valence-electron chi connectivity index (χ4n) is 4.75. The molecule has 9 nitrogen and oxygen atoms in total. The largest absolute Gasteiger partial charge is 0.449 e. The molecule has 1 aromatic heterocycles. The zero-order chi connectivity index (χ0) is 24.4. The van der Waals surface area contributed by atoms with Crippen LogP contribution in [0, 0.1) is 17.1 Å². The van der Waals surface area contributed by atoms with Crippen molar-refractivity contribution < 1.29 is 23.1 Å². The van der Waals surface area contributed by atoms with Crippen LogP contribution in [0.2, 0.25) is 0 Å². The number of rotatable bonds is 6. The topological polar surface area (TPSA) is 102 Å². The van der Waals surface area contributed by atoms with Crippen molar-refractivity contribution in [3.63, 3.8) is 0 Å². The molecule has 1 N–H and O–H groups in total. The first-order valence-electron chi connectivity index (χ1n) is 11.3. The molecule has 2 fully saturated rings. The monoisotopic (exact) mass is 469 g/mol. The highest BCUT2D eigenvalue weighted by molar-refractivity contribution is 5.90. The number of piperazine rings is 1. The summed E-state index contributed by atoms with van der Waals surface area (Å²) in [6.45, 7) is 7.94. The minimum Gasteiger partial charge on any atom is -0.449 e. The van der Waals surface area contributed by atoms with Crippen molar-refractivity contribution in [2.24, 2.45) is 0 Å². The van der Waals surface area contributed by atoms with E-state index in [4.69, 9.17) is 14.4 Å². The van der Waals surface area contributed by atoms with E-state index in [2.05, 4.69) is 15.1 Å². The number of carbonyl (C=O) groups is 2. The van der Waals surface area contributed by atoms with E-state index in [1.165, 1.54) is 17.9 Å². The smallest absolute Gasteiger partial charge is 0.414 e. The van der Waals surface area contributed by atoms with Crippen LogP contribution in [0.25, 0.3) is 0 Å². The lowest BCUT2D eigenvalue weighted by molar-refractivity contribution is -0.119. The molecule has 2 unspecified atom stereocenters. The van der Waals surface area contributed by atoms with E-state index < -0.39 is 18.0 Å². The van der Waals surface area contributed by atoms with Gasteiger partial charge in [0, 0.05) is 32.1 Å². The van der Waals surface area contributed by atoms with Crippen LogP contribution in [0.15, 0.2) is 34.7 Å². The number of nitriles is 1. The zero-order valence-corrected chi connectivity index (χ0v) is 19.5. The first-order valence-corrected chi connectivity index (χ1v) is 11.3. The zero-order valence-electron chi connectivity index (χ0n) is 19.5. The highest BCUT2D eigenvalue weighted by Gasteiger charge is 2.34. The Morgan fingerprint density at radius 1 is 1.21 bits per heavy atom. The fraction of sp³-hybridized carbons (Fsp3) is 0.458. The predicted molar refractivity (Wildman–Crippen MR) is 123 cm³/mol. The molecule has 0 bridgehead atoms. The van der Waals surface area contributed by atoms with Crippen LogP contribution >= 0.6 is 0 Å². The molecule has 3 atom stereocenters. The van der Waals surface area contributed by atoms with Crippen LogP contribution in [0.4, 0.5) is 20.6 Å². The normalized spacial score (nSPS) is 23.0. The summed E-state index contributed by atoms with van der Waals surface area (Å²) in [5.74, 6) is 0.409. The third kappa shape index (κ3) is 4.99. The van der Waals surface area contributed by atoms with E-state index in [0.717, 1.165) is 5.76 Å². The first kappa shape index (κ1) is 23.6. The minimum absolute atomic E-state index is 0.0355. The number of hydrogen-bond acceptors (Lipinski definition) is 7. The molecule has 4 rings (SSSR count). The van der Waals surface area contributed by atoms with Crippen molar-refractivity contribution in [2.45, 2.75) is 45.5 Å². The van der Waals surface area contributed by atoms with Gasteiger partial charge in [-0.1, -0.05) is 0 Å². The van der Waals surface area contributed by atoms with Crippen molar-refractivity contribution in [1.29, 1.82) is 5.26 Å². The lowest BCUT2D eigenvalue weighted by Gasteiger charge is -2.45. The number of anilines is 2. The summed E-state index contributed by atoms with van der Waals surface area (Å²) in [6, 6.07) is 10.3. The van der Waals surface area contributed by atoms with E-state index in [1.807, 2.05) is 26.0 Å². The van der Waals surface area contributed by atoms with Gasteiger partial charge < -0.3 is 19.4 Å². The lowest BCUT2D eigenvalue weighted by Crippen LogP contribution is -2.56.